The van der Waals surface area contributed by atoms with E-state index < -0.39 is 17.5 Å². The average molecular weight is 248 g/mol. The van der Waals surface area contributed by atoms with Gasteiger partial charge in [0.2, 0.25) is 0 Å². The van der Waals surface area contributed by atoms with Crippen molar-refractivity contribution < 1.29 is 19.1 Å². The highest BCUT2D eigenvalue weighted by Gasteiger charge is 2.50. The summed E-state index contributed by atoms with van der Waals surface area (Å²) >= 11 is 0. The summed E-state index contributed by atoms with van der Waals surface area (Å²) in [6.45, 7) is 1.53. The molecule has 96 valence electrons. The number of carbonyl (C=O) groups is 2. The van der Waals surface area contributed by atoms with E-state index in [0.717, 1.165) is 19.3 Å². The highest BCUT2D eigenvalue weighted by molar-refractivity contribution is 6.05. The first-order chi connectivity index (χ1) is 8.60. The van der Waals surface area contributed by atoms with E-state index in [1.54, 1.807) is 6.92 Å². The smallest absolute Gasteiger partial charge is 0.339 e. The molecule has 0 atom stereocenters. The largest absolute Gasteiger partial charge is 0.451 e. The second-order valence-electron chi connectivity index (χ2n) is 4.72. The maximum atomic E-state index is 12.0. The molecule has 0 aromatic rings. The quantitative estimate of drug-likeness (QED) is 0.551. The van der Waals surface area contributed by atoms with Gasteiger partial charge in [0.05, 0.1) is 5.57 Å². The Bertz CT molecular complexity index is 447. The minimum atomic E-state index is -0.759. The number of esters is 2. The van der Waals surface area contributed by atoms with Crippen LogP contribution in [0.2, 0.25) is 0 Å². The lowest BCUT2D eigenvalue weighted by Gasteiger charge is -2.33. The molecular formula is C14H16O4. The molecule has 1 aliphatic heterocycles. The number of ether oxygens (including phenoxy) is 2. The fraction of sp³-hybridized carbons (Fsp3) is 0.571. The number of hydrogen-bond acceptors (Lipinski definition) is 4. The highest BCUT2D eigenvalue weighted by Crippen LogP contribution is 2.44. The van der Waals surface area contributed by atoms with Gasteiger partial charge in [-0.25, -0.2) is 9.59 Å². The van der Waals surface area contributed by atoms with Crippen LogP contribution in [0.25, 0.3) is 0 Å². The van der Waals surface area contributed by atoms with Crippen LogP contribution in [0.15, 0.2) is 11.1 Å². The molecule has 0 bridgehead atoms. The number of terminal acetylenes is 1. The van der Waals surface area contributed by atoms with Crippen molar-refractivity contribution in [3.8, 4) is 12.3 Å². The number of carbonyl (C=O) groups excluding carboxylic acids is 2. The molecule has 2 rings (SSSR count). The van der Waals surface area contributed by atoms with Crippen LogP contribution in [0.5, 0.6) is 0 Å². The lowest BCUT2D eigenvalue weighted by Crippen LogP contribution is -2.37. The molecule has 0 unspecified atom stereocenters. The van der Waals surface area contributed by atoms with Gasteiger partial charge in [0.15, 0.2) is 6.61 Å². The molecule has 1 saturated carbocycles. The zero-order valence-electron chi connectivity index (χ0n) is 10.5. The van der Waals surface area contributed by atoms with Gasteiger partial charge in [-0.05, 0) is 32.6 Å². The fourth-order valence-corrected chi connectivity index (χ4v) is 2.74. The molecule has 4 nitrogen and oxygen atoms in total. The van der Waals surface area contributed by atoms with Crippen LogP contribution in [-0.4, -0.2) is 24.1 Å². The third kappa shape index (κ3) is 2.01. The Hall–Kier alpha value is -1.76. The Kier molecular flexibility index (Phi) is 3.42. The first kappa shape index (κ1) is 12.7. The third-order valence-corrected chi connectivity index (χ3v) is 3.58. The van der Waals surface area contributed by atoms with Crippen LogP contribution in [0.1, 0.15) is 39.0 Å². The molecule has 0 aromatic carbocycles. The normalized spacial score (nSPS) is 21.7. The number of rotatable bonds is 2. The van der Waals surface area contributed by atoms with Gasteiger partial charge in [-0.3, -0.25) is 0 Å². The second-order valence-corrected chi connectivity index (χ2v) is 4.72. The van der Waals surface area contributed by atoms with E-state index in [0.29, 0.717) is 24.0 Å². The average Bonchev–Trinajstić information content (AvgIpc) is 2.59. The van der Waals surface area contributed by atoms with E-state index in [2.05, 4.69) is 5.92 Å². The van der Waals surface area contributed by atoms with Crippen molar-refractivity contribution in [1.82, 2.24) is 0 Å². The fourth-order valence-electron chi connectivity index (χ4n) is 2.74. The van der Waals surface area contributed by atoms with E-state index in [1.165, 1.54) is 0 Å². The molecule has 1 heterocycles. The minimum Gasteiger partial charge on any atom is -0.451 e. The lowest BCUT2D eigenvalue weighted by molar-refractivity contribution is -0.151. The minimum absolute atomic E-state index is 0.0834. The van der Waals surface area contributed by atoms with Crippen LogP contribution < -0.4 is 0 Å². The van der Waals surface area contributed by atoms with Crippen molar-refractivity contribution in [2.75, 3.05) is 6.61 Å². The molecular weight excluding hydrogens is 232 g/mol. The molecule has 0 N–H and O–H groups in total. The van der Waals surface area contributed by atoms with E-state index >= 15 is 0 Å². The molecule has 0 radical (unpaired) electrons. The van der Waals surface area contributed by atoms with E-state index in [-0.39, 0.29) is 6.61 Å². The van der Waals surface area contributed by atoms with Crippen molar-refractivity contribution in [3.63, 3.8) is 0 Å². The van der Waals surface area contributed by atoms with Gasteiger partial charge >= 0.3 is 11.9 Å². The van der Waals surface area contributed by atoms with Crippen molar-refractivity contribution >= 4 is 11.9 Å². The SMILES string of the molecule is C#CCOC(=O)C1=C(C)C(=O)OC12CCCCC2. The predicted octanol–water partition coefficient (Wildman–Crippen LogP) is 1.74. The maximum absolute atomic E-state index is 12.0. The standard InChI is InChI=1S/C14H16O4/c1-3-9-17-13(16)11-10(2)12(15)18-14(11)7-5-4-6-8-14/h1H,4-9H2,2H3. The molecule has 18 heavy (non-hydrogen) atoms. The maximum Gasteiger partial charge on any atom is 0.339 e. The molecule has 1 fully saturated rings. The Morgan fingerprint density at radius 3 is 2.72 bits per heavy atom. The summed E-state index contributed by atoms with van der Waals surface area (Å²) in [6.07, 6.45) is 9.45. The van der Waals surface area contributed by atoms with Gasteiger partial charge in [0, 0.05) is 5.57 Å². The Labute approximate surface area is 106 Å². The van der Waals surface area contributed by atoms with Crippen molar-refractivity contribution in [2.24, 2.45) is 0 Å². The van der Waals surface area contributed by atoms with Gasteiger partial charge in [0.1, 0.15) is 5.60 Å². The van der Waals surface area contributed by atoms with Crippen LogP contribution in [0.3, 0.4) is 0 Å². The summed E-state index contributed by atoms with van der Waals surface area (Å²) in [5, 5.41) is 0. The first-order valence-corrected chi connectivity index (χ1v) is 6.16. The molecule has 0 amide bonds. The Balaban J connectivity index is 2.29. The van der Waals surface area contributed by atoms with E-state index in [1.807, 2.05) is 0 Å². The highest BCUT2D eigenvalue weighted by atomic mass is 16.6. The summed E-state index contributed by atoms with van der Waals surface area (Å²) in [5.41, 5.74) is -0.0214. The second kappa shape index (κ2) is 4.85. The van der Waals surface area contributed by atoms with Gasteiger partial charge in [0.25, 0.3) is 0 Å². The predicted molar refractivity (Wildman–Crippen MR) is 64.4 cm³/mol. The monoisotopic (exact) mass is 248 g/mol. The number of hydrogen-bond donors (Lipinski definition) is 0. The van der Waals surface area contributed by atoms with Gasteiger partial charge < -0.3 is 9.47 Å². The summed E-state index contributed by atoms with van der Waals surface area (Å²) < 4.78 is 10.4. The van der Waals surface area contributed by atoms with Crippen LogP contribution in [-0.2, 0) is 19.1 Å². The first-order valence-electron chi connectivity index (χ1n) is 6.16. The molecule has 4 heteroatoms. The Morgan fingerprint density at radius 2 is 2.11 bits per heavy atom. The molecule has 0 saturated heterocycles. The van der Waals surface area contributed by atoms with Crippen molar-refractivity contribution in [1.29, 1.82) is 0 Å². The van der Waals surface area contributed by atoms with Gasteiger partial charge in [-0.15, -0.1) is 6.42 Å². The third-order valence-electron chi connectivity index (χ3n) is 3.58. The molecule has 1 spiro atoms. The van der Waals surface area contributed by atoms with Crippen molar-refractivity contribution in [3.05, 3.63) is 11.1 Å². The summed E-state index contributed by atoms with van der Waals surface area (Å²) in [7, 11) is 0. The van der Waals surface area contributed by atoms with Crippen molar-refractivity contribution in [2.45, 2.75) is 44.6 Å². The molecule has 2 aliphatic rings. The van der Waals surface area contributed by atoms with Gasteiger partial charge in [-0.2, -0.15) is 0 Å². The summed E-state index contributed by atoms with van der Waals surface area (Å²) in [5.74, 6) is 1.32. The summed E-state index contributed by atoms with van der Waals surface area (Å²) in [4.78, 5) is 23.7. The van der Waals surface area contributed by atoms with Gasteiger partial charge in [-0.1, -0.05) is 12.3 Å². The summed E-state index contributed by atoms with van der Waals surface area (Å²) in [6, 6.07) is 0. The van der Waals surface area contributed by atoms with E-state index in [9.17, 15) is 9.59 Å². The molecule has 1 aliphatic carbocycles. The van der Waals surface area contributed by atoms with E-state index in [4.69, 9.17) is 15.9 Å². The topological polar surface area (TPSA) is 52.6 Å². The zero-order valence-corrected chi connectivity index (χ0v) is 10.5. The Morgan fingerprint density at radius 1 is 1.44 bits per heavy atom. The van der Waals surface area contributed by atoms with Crippen LogP contribution >= 0.6 is 0 Å². The van der Waals surface area contributed by atoms with Crippen LogP contribution in [0.4, 0.5) is 0 Å². The lowest BCUT2D eigenvalue weighted by atomic mass is 9.79. The molecule has 0 aromatic heterocycles. The van der Waals surface area contributed by atoms with Crippen LogP contribution in [0, 0.1) is 12.3 Å². The zero-order chi connectivity index (χ0) is 13.2.